The van der Waals surface area contributed by atoms with Gasteiger partial charge in [-0.3, -0.25) is 0 Å². The monoisotopic (exact) mass is 1110 g/mol. The number of rotatable bonds is 31. The van der Waals surface area contributed by atoms with Gasteiger partial charge in [-0.1, -0.05) is 189 Å². The molecule has 0 radical (unpaired) electrons. The molecule has 0 saturated heterocycles. The number of hydrogen-bond acceptors (Lipinski definition) is 10. The van der Waals surface area contributed by atoms with Crippen LogP contribution in [-0.2, 0) is 17.6 Å². The number of hydrogen-bond donors (Lipinski definition) is 0. The third-order valence-electron chi connectivity index (χ3n) is 14.4. The molecule has 7 rings (SSSR count). The molecule has 0 saturated carbocycles. The third kappa shape index (κ3) is 18.9. The first-order chi connectivity index (χ1) is 39.9. The molecule has 0 heterocycles. The van der Waals surface area contributed by atoms with Gasteiger partial charge in [-0.25, -0.2) is 32.8 Å². The zero-order valence-electron chi connectivity index (χ0n) is 47.4. The standard InChI is InChI=1S/C70H74F2O10/c1-4-6-8-10-12-14-16-18-20-22-49-24-28-51(29-25-49)53-32-36-55(37-33-53)67(74)81-64-42-40-57(46-62(64)71)69(76)79-60-44-59(66(73)78-3)45-61(48-60)80-70(77)58-41-43-65(63(72)47-58)82-68(75)56-38-34-54(35-39-56)52-30-26-50(27-31-52)23-21-19-17-15-13-11-9-7-5-2/h24-48H,4-23H2,1-3H3. The Balaban J connectivity index is 0.881. The van der Waals surface area contributed by atoms with Crippen molar-refractivity contribution in [3.8, 4) is 45.3 Å². The van der Waals surface area contributed by atoms with E-state index in [-0.39, 0.29) is 39.3 Å². The predicted octanol–water partition coefficient (Wildman–Crippen LogP) is 18.1. The topological polar surface area (TPSA) is 132 Å². The van der Waals surface area contributed by atoms with Crippen LogP contribution in [0.15, 0.2) is 152 Å². The highest BCUT2D eigenvalue weighted by Gasteiger charge is 2.21. The maximum Gasteiger partial charge on any atom is 0.343 e. The van der Waals surface area contributed by atoms with Gasteiger partial charge in [-0.2, -0.15) is 0 Å². The molecule has 7 aromatic carbocycles. The van der Waals surface area contributed by atoms with E-state index in [1.807, 2.05) is 0 Å². The van der Waals surface area contributed by atoms with Gasteiger partial charge in [0.2, 0.25) is 0 Å². The second kappa shape index (κ2) is 32.3. The zero-order chi connectivity index (χ0) is 58.1. The summed E-state index contributed by atoms with van der Waals surface area (Å²) in [5.41, 5.74) is 5.98. The molecule has 0 aliphatic carbocycles. The third-order valence-corrected chi connectivity index (χ3v) is 14.4. The van der Waals surface area contributed by atoms with Gasteiger partial charge >= 0.3 is 29.8 Å². The van der Waals surface area contributed by atoms with Gasteiger partial charge in [0.15, 0.2) is 23.1 Å². The molecule has 0 amide bonds. The molecule has 12 heteroatoms. The van der Waals surface area contributed by atoms with E-state index in [0.717, 1.165) is 97.5 Å². The molecular formula is C70H74F2O10. The first kappa shape index (κ1) is 61.4. The molecule has 0 atom stereocenters. The van der Waals surface area contributed by atoms with Crippen molar-refractivity contribution in [2.24, 2.45) is 0 Å². The van der Waals surface area contributed by atoms with Crippen molar-refractivity contribution in [2.75, 3.05) is 7.11 Å². The lowest BCUT2D eigenvalue weighted by atomic mass is 10.00. The Morgan fingerprint density at radius 1 is 0.317 bits per heavy atom. The van der Waals surface area contributed by atoms with Crippen LogP contribution in [0.25, 0.3) is 22.3 Å². The smallest absolute Gasteiger partial charge is 0.343 e. The fraction of sp³-hybridized carbons (Fsp3) is 0.329. The summed E-state index contributed by atoms with van der Waals surface area (Å²) >= 11 is 0. The molecule has 7 aromatic rings. The normalized spacial score (nSPS) is 11.0. The van der Waals surface area contributed by atoms with Gasteiger partial charge in [0.25, 0.3) is 0 Å². The van der Waals surface area contributed by atoms with Crippen LogP contribution in [0.5, 0.6) is 23.0 Å². The van der Waals surface area contributed by atoms with Crippen LogP contribution < -0.4 is 18.9 Å². The van der Waals surface area contributed by atoms with Gasteiger partial charge in [-0.15, -0.1) is 0 Å². The number of carbonyl (C=O) groups is 5. The summed E-state index contributed by atoms with van der Waals surface area (Å²) < 4.78 is 57.2. The van der Waals surface area contributed by atoms with E-state index in [0.29, 0.717) is 0 Å². The van der Waals surface area contributed by atoms with E-state index in [9.17, 15) is 24.0 Å². The summed E-state index contributed by atoms with van der Waals surface area (Å²) in [6, 6.07) is 39.9. The van der Waals surface area contributed by atoms with Gasteiger partial charge in [0, 0.05) is 6.07 Å². The largest absolute Gasteiger partial charge is 0.465 e. The quantitative estimate of drug-likeness (QED) is 0.0235. The summed E-state index contributed by atoms with van der Waals surface area (Å²) in [6.45, 7) is 4.48. The van der Waals surface area contributed by atoms with Crippen molar-refractivity contribution in [3.05, 3.63) is 202 Å². The molecule has 0 fully saturated rings. The molecule has 0 aliphatic heterocycles. The highest BCUT2D eigenvalue weighted by molar-refractivity contribution is 5.96. The number of halogens is 2. The summed E-state index contributed by atoms with van der Waals surface area (Å²) in [6.07, 6.45) is 25.2. The minimum atomic E-state index is -1.07. The molecule has 0 bridgehead atoms. The Hall–Kier alpha value is -8.25. The molecule has 82 heavy (non-hydrogen) atoms. The Labute approximate surface area is 481 Å². The van der Waals surface area contributed by atoms with Gasteiger partial charge in [-0.05, 0) is 132 Å². The SMILES string of the molecule is CCCCCCCCCCCc1ccc(-c2ccc(C(=O)Oc3ccc(C(=O)Oc4cc(OC(=O)c5ccc(OC(=O)c6ccc(-c7ccc(CCCCCCCCCCC)cc7)cc6)c(F)c5)cc(C(=O)OC)c4)cc3F)cc2)cc1. The lowest BCUT2D eigenvalue weighted by Gasteiger charge is -2.11. The van der Waals surface area contributed by atoms with Crippen molar-refractivity contribution >= 4 is 29.8 Å². The van der Waals surface area contributed by atoms with Crippen molar-refractivity contribution in [1.82, 2.24) is 0 Å². The fourth-order valence-electron chi connectivity index (χ4n) is 9.60. The molecule has 0 spiro atoms. The number of esters is 5. The first-order valence-corrected chi connectivity index (χ1v) is 29.0. The van der Waals surface area contributed by atoms with Crippen molar-refractivity contribution in [1.29, 1.82) is 0 Å². The Morgan fingerprint density at radius 3 is 0.951 bits per heavy atom. The van der Waals surface area contributed by atoms with E-state index in [2.05, 4.69) is 62.4 Å². The maximum absolute atomic E-state index is 15.4. The second-order valence-corrected chi connectivity index (χ2v) is 20.7. The number of methoxy groups -OCH3 is 1. The second-order valence-electron chi connectivity index (χ2n) is 20.7. The molecular weight excluding hydrogens is 1040 g/mol. The van der Waals surface area contributed by atoms with Crippen LogP contribution in [0.1, 0.15) is 192 Å². The number of unbranched alkanes of at least 4 members (excludes halogenated alkanes) is 16. The summed E-state index contributed by atoms with van der Waals surface area (Å²) in [4.78, 5) is 65.4. The van der Waals surface area contributed by atoms with Crippen LogP contribution >= 0.6 is 0 Å². The van der Waals surface area contributed by atoms with E-state index in [1.54, 1.807) is 48.5 Å². The average Bonchev–Trinajstić information content (AvgIpc) is 3.53. The zero-order valence-corrected chi connectivity index (χ0v) is 47.4. The average molecular weight is 1110 g/mol. The maximum atomic E-state index is 15.4. The number of benzene rings is 7. The van der Waals surface area contributed by atoms with Crippen LogP contribution in [0.2, 0.25) is 0 Å². The predicted molar refractivity (Wildman–Crippen MR) is 316 cm³/mol. The Kier molecular flexibility index (Phi) is 24.1. The summed E-state index contributed by atoms with van der Waals surface area (Å²) in [7, 11) is 1.11. The lowest BCUT2D eigenvalue weighted by Crippen LogP contribution is -2.13. The highest BCUT2D eigenvalue weighted by atomic mass is 19.1. The van der Waals surface area contributed by atoms with Crippen molar-refractivity contribution in [2.45, 2.75) is 142 Å². The van der Waals surface area contributed by atoms with E-state index in [4.69, 9.17) is 23.7 Å². The minimum absolute atomic E-state index is 0.187. The Morgan fingerprint density at radius 2 is 0.622 bits per heavy atom. The van der Waals surface area contributed by atoms with Crippen LogP contribution in [0, 0.1) is 11.6 Å². The van der Waals surface area contributed by atoms with Gasteiger partial charge < -0.3 is 23.7 Å². The summed E-state index contributed by atoms with van der Waals surface area (Å²) in [5, 5.41) is 0. The molecule has 0 aliphatic rings. The lowest BCUT2D eigenvalue weighted by molar-refractivity contribution is 0.0593. The van der Waals surface area contributed by atoms with Crippen molar-refractivity contribution in [3.63, 3.8) is 0 Å². The van der Waals surface area contributed by atoms with Crippen LogP contribution in [-0.4, -0.2) is 37.0 Å². The van der Waals surface area contributed by atoms with Crippen LogP contribution in [0.4, 0.5) is 8.78 Å². The molecule has 0 N–H and O–H groups in total. The van der Waals surface area contributed by atoms with E-state index in [1.165, 1.54) is 126 Å². The fourth-order valence-corrected chi connectivity index (χ4v) is 9.60. The Bertz CT molecular complexity index is 3000. The number of ether oxygens (including phenoxy) is 5. The molecule has 0 unspecified atom stereocenters. The van der Waals surface area contributed by atoms with E-state index >= 15 is 8.78 Å². The number of carbonyl (C=O) groups excluding carboxylic acids is 5. The number of aryl methyl sites for hydroxylation is 2. The molecule has 10 nitrogen and oxygen atoms in total. The van der Waals surface area contributed by atoms with Gasteiger partial charge in [0.05, 0.1) is 34.9 Å². The van der Waals surface area contributed by atoms with E-state index < -0.39 is 53.0 Å². The van der Waals surface area contributed by atoms with Crippen LogP contribution in [0.3, 0.4) is 0 Å². The summed E-state index contributed by atoms with van der Waals surface area (Å²) in [5.74, 6) is -8.16. The highest BCUT2D eigenvalue weighted by Crippen LogP contribution is 2.30. The first-order valence-electron chi connectivity index (χ1n) is 29.0. The van der Waals surface area contributed by atoms with Crippen molar-refractivity contribution < 1.29 is 56.4 Å². The molecule has 0 aromatic heterocycles. The van der Waals surface area contributed by atoms with Gasteiger partial charge in [0.1, 0.15) is 11.5 Å². The molecule has 428 valence electrons. The minimum Gasteiger partial charge on any atom is -0.465 e.